The zero-order chi connectivity index (χ0) is 15.5. The number of halogens is 2. The Balaban J connectivity index is 2.52. The van der Waals surface area contributed by atoms with Crippen molar-refractivity contribution in [1.29, 1.82) is 0 Å². The van der Waals surface area contributed by atoms with Crippen LogP contribution in [-0.2, 0) is 9.84 Å². The molecule has 0 unspecified atom stereocenters. The number of ether oxygens (including phenoxy) is 1. The molecule has 2 rings (SSSR count). The van der Waals surface area contributed by atoms with E-state index in [0.29, 0.717) is 6.08 Å². The second-order valence-corrected chi connectivity index (χ2v) is 5.99. The van der Waals surface area contributed by atoms with Gasteiger partial charge in [-0.3, -0.25) is 0 Å². The van der Waals surface area contributed by atoms with Crippen LogP contribution in [-0.4, -0.2) is 15.5 Å². The van der Waals surface area contributed by atoms with Crippen LogP contribution >= 0.6 is 0 Å². The van der Waals surface area contributed by atoms with Gasteiger partial charge in [0.15, 0.2) is 0 Å². The van der Waals surface area contributed by atoms with Gasteiger partial charge in [0.1, 0.15) is 11.6 Å². The van der Waals surface area contributed by atoms with E-state index in [1.54, 1.807) is 6.07 Å². The molecule has 0 saturated heterocycles. The Hall–Kier alpha value is -2.21. The fraction of sp³-hybridized carbons (Fsp3) is 0.0667. The van der Waals surface area contributed by atoms with Crippen LogP contribution in [0.5, 0.6) is 5.75 Å². The Labute approximate surface area is 121 Å². The molecule has 0 fully saturated rings. The van der Waals surface area contributed by atoms with E-state index in [0.717, 1.165) is 6.07 Å². The largest absolute Gasteiger partial charge is 0.496 e. The van der Waals surface area contributed by atoms with E-state index in [1.165, 1.54) is 43.5 Å². The molecular formula is C15H12F2O3S. The summed E-state index contributed by atoms with van der Waals surface area (Å²) in [6, 6.07) is 11.0. The maximum atomic E-state index is 14.1. The van der Waals surface area contributed by atoms with Gasteiger partial charge in [-0.25, -0.2) is 12.8 Å². The molecular weight excluding hydrogens is 298 g/mol. The number of rotatable bonds is 4. The summed E-state index contributed by atoms with van der Waals surface area (Å²) >= 11 is 0. The van der Waals surface area contributed by atoms with E-state index in [2.05, 4.69) is 0 Å². The van der Waals surface area contributed by atoms with Gasteiger partial charge in [0.25, 0.3) is 0 Å². The van der Waals surface area contributed by atoms with Crippen LogP contribution in [0, 0.1) is 5.82 Å². The van der Waals surface area contributed by atoms with E-state index in [1.807, 2.05) is 0 Å². The highest BCUT2D eigenvalue weighted by molar-refractivity contribution is 7.95. The van der Waals surface area contributed by atoms with Gasteiger partial charge in [-0.05, 0) is 30.3 Å². The van der Waals surface area contributed by atoms with Crippen molar-refractivity contribution in [3.05, 3.63) is 65.1 Å². The first kappa shape index (κ1) is 15.2. The summed E-state index contributed by atoms with van der Waals surface area (Å²) in [5.41, 5.74) is -0.253. The Morgan fingerprint density at radius 3 is 2.38 bits per heavy atom. The van der Waals surface area contributed by atoms with Gasteiger partial charge in [-0.2, -0.15) is 4.39 Å². The zero-order valence-electron chi connectivity index (χ0n) is 11.1. The molecule has 0 radical (unpaired) electrons. The highest BCUT2D eigenvalue weighted by Gasteiger charge is 2.22. The third-order valence-electron chi connectivity index (χ3n) is 2.80. The average Bonchev–Trinajstić information content (AvgIpc) is 2.50. The standard InChI is InChI=1S/C15H12F2O3S/c1-20-14-9-5-8-13(16)12(14)10-15(17)21(18,19)11-6-3-2-4-7-11/h2-10H,1H3/b15-10+. The van der Waals surface area contributed by atoms with Crippen LogP contribution < -0.4 is 4.74 Å². The van der Waals surface area contributed by atoms with Crippen molar-refractivity contribution in [3.63, 3.8) is 0 Å². The van der Waals surface area contributed by atoms with Crippen molar-refractivity contribution >= 4 is 15.9 Å². The Morgan fingerprint density at radius 2 is 1.76 bits per heavy atom. The molecule has 0 amide bonds. The minimum absolute atomic E-state index is 0.0495. The maximum absolute atomic E-state index is 14.1. The second kappa shape index (κ2) is 6.05. The summed E-state index contributed by atoms with van der Waals surface area (Å²) in [6.45, 7) is 0. The molecule has 0 heterocycles. The molecule has 6 heteroatoms. The topological polar surface area (TPSA) is 43.4 Å². The van der Waals surface area contributed by atoms with Crippen molar-refractivity contribution in [2.24, 2.45) is 0 Å². The minimum atomic E-state index is -4.31. The summed E-state index contributed by atoms with van der Waals surface area (Å²) in [6.07, 6.45) is 0.622. The second-order valence-electron chi connectivity index (χ2n) is 4.12. The summed E-state index contributed by atoms with van der Waals surface area (Å²) in [5.74, 6) is -0.721. The van der Waals surface area contributed by atoms with E-state index < -0.39 is 20.8 Å². The van der Waals surface area contributed by atoms with Gasteiger partial charge < -0.3 is 4.74 Å². The van der Waals surface area contributed by atoms with Gasteiger partial charge in [-0.15, -0.1) is 0 Å². The van der Waals surface area contributed by atoms with Crippen molar-refractivity contribution in [2.75, 3.05) is 7.11 Å². The lowest BCUT2D eigenvalue weighted by atomic mass is 10.2. The number of benzene rings is 2. The smallest absolute Gasteiger partial charge is 0.233 e. The van der Waals surface area contributed by atoms with E-state index in [4.69, 9.17) is 4.74 Å². The number of methoxy groups -OCH3 is 1. The van der Waals surface area contributed by atoms with Crippen molar-refractivity contribution in [2.45, 2.75) is 4.90 Å². The van der Waals surface area contributed by atoms with E-state index in [-0.39, 0.29) is 16.2 Å². The van der Waals surface area contributed by atoms with Crippen LogP contribution in [0.25, 0.3) is 6.08 Å². The molecule has 0 aromatic heterocycles. The predicted molar refractivity (Wildman–Crippen MR) is 75.7 cm³/mol. The first-order valence-corrected chi connectivity index (χ1v) is 7.45. The highest BCUT2D eigenvalue weighted by atomic mass is 32.2. The third kappa shape index (κ3) is 3.11. The zero-order valence-corrected chi connectivity index (χ0v) is 11.9. The molecule has 3 nitrogen and oxygen atoms in total. The third-order valence-corrected chi connectivity index (χ3v) is 4.32. The average molecular weight is 310 g/mol. The quantitative estimate of drug-likeness (QED) is 0.867. The Morgan fingerprint density at radius 1 is 1.10 bits per heavy atom. The van der Waals surface area contributed by atoms with Crippen LogP contribution in [0.2, 0.25) is 0 Å². The van der Waals surface area contributed by atoms with Crippen molar-refractivity contribution in [3.8, 4) is 5.75 Å². The van der Waals surface area contributed by atoms with Gasteiger partial charge in [-0.1, -0.05) is 24.3 Å². The number of hydrogen-bond donors (Lipinski definition) is 0. The molecule has 0 aliphatic rings. The molecule has 110 valence electrons. The molecule has 0 aliphatic carbocycles. The highest BCUT2D eigenvalue weighted by Crippen LogP contribution is 2.28. The van der Waals surface area contributed by atoms with Crippen LogP contribution in [0.1, 0.15) is 5.56 Å². The Kier molecular flexibility index (Phi) is 4.37. The van der Waals surface area contributed by atoms with Crippen molar-refractivity contribution < 1.29 is 21.9 Å². The summed E-state index contributed by atoms with van der Waals surface area (Å²) in [4.78, 5) is -0.200. The lowest BCUT2D eigenvalue weighted by Gasteiger charge is -2.06. The molecule has 2 aromatic rings. The summed E-state index contributed by atoms with van der Waals surface area (Å²) < 4.78 is 56.8. The van der Waals surface area contributed by atoms with Crippen molar-refractivity contribution in [1.82, 2.24) is 0 Å². The summed E-state index contributed by atoms with van der Waals surface area (Å²) in [5, 5.41) is -1.45. The summed E-state index contributed by atoms with van der Waals surface area (Å²) in [7, 11) is -3.02. The molecule has 0 N–H and O–H groups in total. The van der Waals surface area contributed by atoms with Crippen LogP contribution in [0.3, 0.4) is 0 Å². The fourth-order valence-corrected chi connectivity index (χ4v) is 2.75. The Bertz CT molecular complexity index is 769. The van der Waals surface area contributed by atoms with Gasteiger partial charge >= 0.3 is 0 Å². The lowest BCUT2D eigenvalue weighted by molar-refractivity contribution is 0.410. The molecule has 2 aromatic carbocycles. The first-order valence-electron chi connectivity index (χ1n) is 5.96. The monoisotopic (exact) mass is 310 g/mol. The molecule has 0 atom stereocenters. The SMILES string of the molecule is COc1cccc(F)c1/C=C(\F)S(=O)(=O)c1ccccc1. The van der Waals surface area contributed by atoms with Gasteiger partial charge in [0, 0.05) is 0 Å². The molecule has 0 saturated carbocycles. The molecule has 0 spiro atoms. The van der Waals surface area contributed by atoms with Crippen LogP contribution in [0.4, 0.5) is 8.78 Å². The number of hydrogen-bond acceptors (Lipinski definition) is 3. The first-order chi connectivity index (χ1) is 9.96. The minimum Gasteiger partial charge on any atom is -0.496 e. The molecule has 0 aliphatic heterocycles. The molecule has 0 bridgehead atoms. The predicted octanol–water partition coefficient (Wildman–Crippen LogP) is 3.58. The van der Waals surface area contributed by atoms with Crippen LogP contribution in [0.15, 0.2) is 58.6 Å². The maximum Gasteiger partial charge on any atom is 0.233 e. The normalized spacial score (nSPS) is 12.2. The lowest BCUT2D eigenvalue weighted by Crippen LogP contribution is -2.01. The van der Waals surface area contributed by atoms with E-state index in [9.17, 15) is 17.2 Å². The van der Waals surface area contributed by atoms with Gasteiger partial charge in [0.2, 0.25) is 15.0 Å². The fourth-order valence-electron chi connectivity index (χ4n) is 1.74. The number of sulfone groups is 1. The van der Waals surface area contributed by atoms with Gasteiger partial charge in [0.05, 0.1) is 17.6 Å². The molecule has 21 heavy (non-hydrogen) atoms. The van der Waals surface area contributed by atoms with E-state index >= 15 is 0 Å².